The van der Waals surface area contributed by atoms with Crippen LogP contribution in [0.3, 0.4) is 0 Å². The fourth-order valence-corrected chi connectivity index (χ4v) is 3.30. The zero-order valence-electron chi connectivity index (χ0n) is 8.91. The summed E-state index contributed by atoms with van der Waals surface area (Å²) in [4.78, 5) is 1.28. The molecule has 0 saturated heterocycles. The molecule has 1 unspecified atom stereocenters. The minimum Gasteiger partial charge on any atom is -0.147 e. The minimum absolute atomic E-state index is 0.0844. The van der Waals surface area contributed by atoms with Crippen LogP contribution in [0.4, 0.5) is 0 Å². The maximum Gasteiger partial charge on any atom is 0.0721 e. The molecule has 3 heteroatoms. The molecule has 0 nitrogen and oxygen atoms in total. The van der Waals surface area contributed by atoms with E-state index in [0.717, 1.165) is 10.9 Å². The summed E-state index contributed by atoms with van der Waals surface area (Å²) >= 11 is 11.6. The van der Waals surface area contributed by atoms with Crippen molar-refractivity contribution in [1.29, 1.82) is 0 Å². The van der Waals surface area contributed by atoms with E-state index in [1.54, 1.807) is 11.3 Å². The van der Waals surface area contributed by atoms with Crippen molar-refractivity contribution in [1.82, 2.24) is 0 Å². The first-order valence-electron chi connectivity index (χ1n) is 5.09. The van der Waals surface area contributed by atoms with E-state index in [4.69, 9.17) is 11.6 Å². The molecule has 0 spiro atoms. The van der Waals surface area contributed by atoms with E-state index in [0.29, 0.717) is 0 Å². The van der Waals surface area contributed by atoms with Gasteiger partial charge >= 0.3 is 0 Å². The Kier molecular flexibility index (Phi) is 4.06. The standard InChI is InChI=1S/C13H12BrClS/c1-9-6-7-16-13(9)12(15)8-10-2-4-11(14)5-3-10/h2-7,12H,8H2,1H3. The van der Waals surface area contributed by atoms with Crippen LogP contribution in [0.25, 0.3) is 0 Å². The molecule has 0 aliphatic heterocycles. The molecule has 0 amide bonds. The van der Waals surface area contributed by atoms with E-state index in [1.165, 1.54) is 16.0 Å². The van der Waals surface area contributed by atoms with Crippen molar-refractivity contribution in [2.75, 3.05) is 0 Å². The van der Waals surface area contributed by atoms with E-state index in [-0.39, 0.29) is 5.38 Å². The van der Waals surface area contributed by atoms with Crippen molar-refractivity contribution >= 4 is 38.9 Å². The van der Waals surface area contributed by atoms with Crippen molar-refractivity contribution < 1.29 is 0 Å². The lowest BCUT2D eigenvalue weighted by atomic mass is 10.1. The zero-order chi connectivity index (χ0) is 11.5. The molecular weight excluding hydrogens is 304 g/mol. The van der Waals surface area contributed by atoms with Crippen molar-refractivity contribution in [2.45, 2.75) is 18.7 Å². The summed E-state index contributed by atoms with van der Waals surface area (Å²) in [6.45, 7) is 2.11. The van der Waals surface area contributed by atoms with E-state index in [2.05, 4.69) is 58.6 Å². The molecule has 1 aromatic heterocycles. The molecule has 0 bridgehead atoms. The Balaban J connectivity index is 2.10. The quantitative estimate of drug-likeness (QED) is 0.670. The Morgan fingerprint density at radius 1 is 1.25 bits per heavy atom. The molecule has 16 heavy (non-hydrogen) atoms. The van der Waals surface area contributed by atoms with E-state index >= 15 is 0 Å². The molecule has 2 rings (SSSR count). The predicted octanol–water partition coefficient (Wildman–Crippen LogP) is 5.34. The summed E-state index contributed by atoms with van der Waals surface area (Å²) in [5, 5.41) is 2.18. The third-order valence-corrected chi connectivity index (χ3v) is 4.68. The Hall–Kier alpha value is -0.310. The van der Waals surface area contributed by atoms with Gasteiger partial charge in [0.15, 0.2) is 0 Å². The number of benzene rings is 1. The largest absolute Gasteiger partial charge is 0.147 e. The van der Waals surface area contributed by atoms with Crippen molar-refractivity contribution in [3.8, 4) is 0 Å². The van der Waals surface area contributed by atoms with Gasteiger partial charge in [0, 0.05) is 9.35 Å². The van der Waals surface area contributed by atoms with Gasteiger partial charge in [-0.05, 0) is 48.1 Å². The van der Waals surface area contributed by atoms with Crippen LogP contribution in [0.15, 0.2) is 40.2 Å². The fraction of sp³-hybridized carbons (Fsp3) is 0.231. The molecule has 1 heterocycles. The number of aryl methyl sites for hydroxylation is 1. The van der Waals surface area contributed by atoms with Gasteiger partial charge in [-0.15, -0.1) is 22.9 Å². The van der Waals surface area contributed by atoms with Crippen LogP contribution >= 0.6 is 38.9 Å². The van der Waals surface area contributed by atoms with Crippen molar-refractivity contribution in [2.24, 2.45) is 0 Å². The van der Waals surface area contributed by atoms with Gasteiger partial charge in [0.2, 0.25) is 0 Å². The van der Waals surface area contributed by atoms with Gasteiger partial charge in [-0.1, -0.05) is 28.1 Å². The van der Waals surface area contributed by atoms with Gasteiger partial charge in [0.25, 0.3) is 0 Å². The van der Waals surface area contributed by atoms with Crippen LogP contribution in [-0.2, 0) is 6.42 Å². The van der Waals surface area contributed by atoms with Crippen LogP contribution in [0, 0.1) is 6.92 Å². The first-order valence-corrected chi connectivity index (χ1v) is 7.20. The number of rotatable bonds is 3. The third kappa shape index (κ3) is 2.88. The number of thiophene rings is 1. The maximum absolute atomic E-state index is 6.43. The second-order valence-electron chi connectivity index (χ2n) is 3.77. The maximum atomic E-state index is 6.43. The Bertz CT molecular complexity index is 461. The van der Waals surface area contributed by atoms with E-state index in [9.17, 15) is 0 Å². The molecule has 0 fully saturated rings. The normalized spacial score (nSPS) is 12.7. The van der Waals surface area contributed by atoms with Gasteiger partial charge in [0.1, 0.15) is 0 Å². The molecule has 0 N–H and O–H groups in total. The lowest BCUT2D eigenvalue weighted by Crippen LogP contribution is -1.94. The summed E-state index contributed by atoms with van der Waals surface area (Å²) in [5.41, 5.74) is 2.57. The highest BCUT2D eigenvalue weighted by Crippen LogP contribution is 2.31. The monoisotopic (exact) mass is 314 g/mol. The van der Waals surface area contributed by atoms with Crippen LogP contribution in [0.5, 0.6) is 0 Å². The van der Waals surface area contributed by atoms with E-state index in [1.807, 2.05) is 0 Å². The number of alkyl halides is 1. The first kappa shape index (κ1) is 12.2. The fourth-order valence-electron chi connectivity index (χ4n) is 1.63. The molecule has 0 saturated carbocycles. The van der Waals surface area contributed by atoms with Gasteiger partial charge in [0.05, 0.1) is 5.38 Å². The Labute approximate surface area is 113 Å². The van der Waals surface area contributed by atoms with Crippen LogP contribution in [0.1, 0.15) is 21.4 Å². The van der Waals surface area contributed by atoms with Crippen molar-refractivity contribution in [3.05, 3.63) is 56.2 Å². The zero-order valence-corrected chi connectivity index (χ0v) is 12.1. The van der Waals surface area contributed by atoms with Gasteiger partial charge in [-0.25, -0.2) is 0 Å². The second-order valence-corrected chi connectivity index (χ2v) is 6.16. The molecule has 0 aliphatic carbocycles. The summed E-state index contributed by atoms with van der Waals surface area (Å²) in [7, 11) is 0. The Morgan fingerprint density at radius 2 is 1.94 bits per heavy atom. The van der Waals surface area contributed by atoms with Crippen LogP contribution in [-0.4, -0.2) is 0 Å². The van der Waals surface area contributed by atoms with E-state index < -0.39 is 0 Å². The lowest BCUT2D eigenvalue weighted by Gasteiger charge is -2.09. The SMILES string of the molecule is Cc1ccsc1C(Cl)Cc1ccc(Br)cc1. The lowest BCUT2D eigenvalue weighted by molar-refractivity contribution is 0.931. The average Bonchev–Trinajstić information content (AvgIpc) is 2.68. The number of hydrogen-bond acceptors (Lipinski definition) is 1. The van der Waals surface area contributed by atoms with Crippen LogP contribution < -0.4 is 0 Å². The molecule has 1 atom stereocenters. The third-order valence-electron chi connectivity index (χ3n) is 2.51. The Morgan fingerprint density at radius 3 is 2.50 bits per heavy atom. The van der Waals surface area contributed by atoms with Gasteiger partial charge < -0.3 is 0 Å². The predicted molar refractivity (Wildman–Crippen MR) is 75.5 cm³/mol. The van der Waals surface area contributed by atoms with Crippen molar-refractivity contribution in [3.63, 3.8) is 0 Å². The highest BCUT2D eigenvalue weighted by Gasteiger charge is 2.12. The summed E-state index contributed by atoms with van der Waals surface area (Å²) < 4.78 is 1.11. The topological polar surface area (TPSA) is 0 Å². The van der Waals surface area contributed by atoms with Crippen LogP contribution in [0.2, 0.25) is 0 Å². The highest BCUT2D eigenvalue weighted by molar-refractivity contribution is 9.10. The number of halogens is 2. The second kappa shape index (κ2) is 5.35. The first-order chi connectivity index (χ1) is 7.66. The minimum atomic E-state index is 0.0844. The summed E-state index contributed by atoms with van der Waals surface area (Å²) in [6, 6.07) is 10.5. The molecule has 2 aromatic rings. The highest BCUT2D eigenvalue weighted by atomic mass is 79.9. The molecule has 84 valence electrons. The molecule has 0 radical (unpaired) electrons. The smallest absolute Gasteiger partial charge is 0.0721 e. The molecule has 1 aromatic carbocycles. The summed E-state index contributed by atoms with van der Waals surface area (Å²) in [6.07, 6.45) is 0.885. The number of hydrogen-bond donors (Lipinski definition) is 0. The molecular formula is C13H12BrClS. The average molecular weight is 316 g/mol. The van der Waals surface area contributed by atoms with Gasteiger partial charge in [-0.2, -0.15) is 0 Å². The summed E-state index contributed by atoms with van der Waals surface area (Å²) in [5.74, 6) is 0. The molecule has 0 aliphatic rings. The van der Waals surface area contributed by atoms with Gasteiger partial charge in [-0.3, -0.25) is 0 Å².